The molecule has 8 heteroatoms. The number of benzene rings is 1. The third-order valence-electron chi connectivity index (χ3n) is 2.51. The molecule has 1 aromatic heterocycles. The van der Waals surface area contributed by atoms with Crippen LogP contribution in [0.5, 0.6) is 5.88 Å². The van der Waals surface area contributed by atoms with Crippen molar-refractivity contribution in [3.63, 3.8) is 0 Å². The predicted molar refractivity (Wildman–Crippen MR) is 65.5 cm³/mol. The largest absolute Gasteiger partial charge is 0.470 e. The molecule has 1 heterocycles. The minimum Gasteiger partial charge on any atom is -0.470 e. The second-order valence-electron chi connectivity index (χ2n) is 3.97. The molecule has 4 nitrogen and oxygen atoms in total. The van der Waals surface area contributed by atoms with Gasteiger partial charge in [0.25, 0.3) is 0 Å². The summed E-state index contributed by atoms with van der Waals surface area (Å²) in [5.41, 5.74) is 0.460. The SMILES string of the molecule is CNc1nc(OCC(F)(F)C(F)F)c2ccccc2n1. The fourth-order valence-electron chi connectivity index (χ4n) is 1.50. The van der Waals surface area contributed by atoms with Gasteiger partial charge in [-0.1, -0.05) is 12.1 Å². The minimum absolute atomic E-state index is 0.152. The van der Waals surface area contributed by atoms with Gasteiger partial charge in [0.2, 0.25) is 11.8 Å². The summed E-state index contributed by atoms with van der Waals surface area (Å²) in [4.78, 5) is 7.96. The molecule has 0 saturated heterocycles. The molecule has 2 aromatic rings. The highest BCUT2D eigenvalue weighted by molar-refractivity contribution is 5.84. The molecule has 0 aliphatic rings. The maximum atomic E-state index is 12.9. The molecule has 108 valence electrons. The van der Waals surface area contributed by atoms with Gasteiger partial charge in [0.15, 0.2) is 6.61 Å². The molecule has 20 heavy (non-hydrogen) atoms. The number of ether oxygens (including phenoxy) is 1. The van der Waals surface area contributed by atoms with Crippen molar-refractivity contribution in [3.05, 3.63) is 24.3 Å². The summed E-state index contributed by atoms with van der Waals surface area (Å²) >= 11 is 0. The predicted octanol–water partition coefficient (Wildman–Crippen LogP) is 2.95. The van der Waals surface area contributed by atoms with Crippen LogP contribution in [0, 0.1) is 0 Å². The number of hydrogen-bond acceptors (Lipinski definition) is 4. The van der Waals surface area contributed by atoms with Gasteiger partial charge in [0.1, 0.15) is 0 Å². The highest BCUT2D eigenvalue weighted by Gasteiger charge is 2.42. The first kappa shape index (κ1) is 14.3. The summed E-state index contributed by atoms with van der Waals surface area (Å²) in [6, 6.07) is 6.54. The lowest BCUT2D eigenvalue weighted by molar-refractivity contribution is -0.148. The molecule has 2 rings (SSSR count). The van der Waals surface area contributed by atoms with Gasteiger partial charge in [-0.05, 0) is 12.1 Å². The van der Waals surface area contributed by atoms with Crippen LogP contribution in [0.4, 0.5) is 23.5 Å². The third-order valence-corrected chi connectivity index (χ3v) is 2.51. The topological polar surface area (TPSA) is 47.0 Å². The van der Waals surface area contributed by atoms with E-state index in [0.717, 1.165) is 0 Å². The van der Waals surface area contributed by atoms with Crippen molar-refractivity contribution in [2.45, 2.75) is 12.3 Å². The number of aromatic nitrogens is 2. The van der Waals surface area contributed by atoms with Crippen LogP contribution in [0.2, 0.25) is 0 Å². The van der Waals surface area contributed by atoms with Crippen molar-refractivity contribution in [1.82, 2.24) is 9.97 Å². The van der Waals surface area contributed by atoms with E-state index in [1.54, 1.807) is 31.3 Å². The number of anilines is 1. The Morgan fingerprint density at radius 3 is 2.60 bits per heavy atom. The Morgan fingerprint density at radius 2 is 1.95 bits per heavy atom. The van der Waals surface area contributed by atoms with Gasteiger partial charge in [-0.25, -0.2) is 13.8 Å². The van der Waals surface area contributed by atoms with Gasteiger partial charge in [-0.3, -0.25) is 0 Å². The van der Waals surface area contributed by atoms with Crippen LogP contribution in [0.1, 0.15) is 0 Å². The monoisotopic (exact) mass is 289 g/mol. The van der Waals surface area contributed by atoms with Crippen LogP contribution in [0.3, 0.4) is 0 Å². The molecule has 0 unspecified atom stereocenters. The number of para-hydroxylation sites is 1. The summed E-state index contributed by atoms with van der Waals surface area (Å²) in [7, 11) is 1.54. The molecular weight excluding hydrogens is 278 g/mol. The molecule has 1 N–H and O–H groups in total. The van der Waals surface area contributed by atoms with E-state index >= 15 is 0 Å². The smallest absolute Gasteiger partial charge is 0.340 e. The summed E-state index contributed by atoms with van der Waals surface area (Å²) in [6.07, 6.45) is -3.79. The zero-order chi connectivity index (χ0) is 14.8. The molecule has 0 bridgehead atoms. The highest BCUT2D eigenvalue weighted by Crippen LogP contribution is 2.27. The Hall–Kier alpha value is -2.12. The molecular formula is C12H11F4N3O. The summed E-state index contributed by atoms with van der Waals surface area (Å²) in [5, 5.41) is 3.01. The van der Waals surface area contributed by atoms with Crippen molar-refractivity contribution < 1.29 is 22.3 Å². The van der Waals surface area contributed by atoms with Gasteiger partial charge >= 0.3 is 12.3 Å². The number of nitrogens with one attached hydrogen (secondary N) is 1. The maximum Gasteiger partial charge on any atom is 0.340 e. The Kier molecular flexibility index (Phi) is 3.91. The van der Waals surface area contributed by atoms with Crippen LogP contribution in [-0.2, 0) is 0 Å². The van der Waals surface area contributed by atoms with E-state index in [0.29, 0.717) is 10.9 Å². The maximum absolute atomic E-state index is 12.9. The van der Waals surface area contributed by atoms with E-state index in [2.05, 4.69) is 15.3 Å². The van der Waals surface area contributed by atoms with Crippen molar-refractivity contribution in [3.8, 4) is 5.88 Å². The van der Waals surface area contributed by atoms with Crippen LogP contribution in [0.25, 0.3) is 10.9 Å². The number of fused-ring (bicyclic) bond motifs is 1. The fourth-order valence-corrected chi connectivity index (χ4v) is 1.50. The molecule has 0 fully saturated rings. The van der Waals surface area contributed by atoms with E-state index < -0.39 is 19.0 Å². The van der Waals surface area contributed by atoms with E-state index in [1.165, 1.54) is 0 Å². The van der Waals surface area contributed by atoms with Crippen LogP contribution in [0.15, 0.2) is 24.3 Å². The van der Waals surface area contributed by atoms with Gasteiger partial charge in [-0.15, -0.1) is 0 Å². The molecule has 0 radical (unpaired) electrons. The first-order chi connectivity index (χ1) is 9.44. The first-order valence-electron chi connectivity index (χ1n) is 5.67. The van der Waals surface area contributed by atoms with Crippen molar-refractivity contribution in [2.75, 3.05) is 19.0 Å². The molecule has 1 aromatic carbocycles. The Morgan fingerprint density at radius 1 is 1.25 bits per heavy atom. The van der Waals surface area contributed by atoms with Crippen molar-refractivity contribution >= 4 is 16.9 Å². The van der Waals surface area contributed by atoms with E-state index in [-0.39, 0.29) is 11.8 Å². The number of alkyl halides is 4. The zero-order valence-corrected chi connectivity index (χ0v) is 10.4. The van der Waals surface area contributed by atoms with Gasteiger partial charge in [-0.2, -0.15) is 13.8 Å². The molecule has 0 atom stereocenters. The summed E-state index contributed by atoms with van der Waals surface area (Å²) in [6.45, 7) is -1.45. The normalized spacial score (nSPS) is 11.9. The zero-order valence-electron chi connectivity index (χ0n) is 10.4. The Labute approximate surface area is 111 Å². The van der Waals surface area contributed by atoms with E-state index in [9.17, 15) is 17.6 Å². The average Bonchev–Trinajstić information content (AvgIpc) is 2.44. The number of hydrogen-bond donors (Lipinski definition) is 1. The van der Waals surface area contributed by atoms with Gasteiger partial charge < -0.3 is 10.1 Å². The highest BCUT2D eigenvalue weighted by atomic mass is 19.3. The third kappa shape index (κ3) is 2.89. The van der Waals surface area contributed by atoms with Crippen molar-refractivity contribution in [1.29, 1.82) is 0 Å². The van der Waals surface area contributed by atoms with Gasteiger partial charge in [0, 0.05) is 7.05 Å². The lowest BCUT2D eigenvalue weighted by Crippen LogP contribution is -2.34. The number of nitrogens with zero attached hydrogens (tertiary/aromatic N) is 2. The average molecular weight is 289 g/mol. The van der Waals surface area contributed by atoms with Gasteiger partial charge in [0.05, 0.1) is 10.9 Å². The molecule has 0 aliphatic heterocycles. The number of rotatable bonds is 5. The Bertz CT molecular complexity index is 606. The lowest BCUT2D eigenvalue weighted by Gasteiger charge is -2.16. The second kappa shape index (κ2) is 5.48. The van der Waals surface area contributed by atoms with Crippen LogP contribution < -0.4 is 10.1 Å². The van der Waals surface area contributed by atoms with Crippen LogP contribution >= 0.6 is 0 Å². The second-order valence-corrected chi connectivity index (χ2v) is 3.97. The molecule has 0 amide bonds. The standard InChI is InChI=1S/C12H11F4N3O/c1-17-11-18-8-5-3-2-4-7(8)9(19-11)20-6-12(15,16)10(13)14/h2-5,10H,6H2,1H3,(H,17,18,19). The minimum atomic E-state index is -4.23. The molecule has 0 saturated carbocycles. The summed E-state index contributed by atoms with van der Waals surface area (Å²) < 4.78 is 54.7. The first-order valence-corrected chi connectivity index (χ1v) is 5.67. The summed E-state index contributed by atoms with van der Waals surface area (Å²) in [5.74, 6) is -4.24. The Balaban J connectivity index is 2.33. The molecule has 0 spiro atoms. The fraction of sp³-hybridized carbons (Fsp3) is 0.333. The molecule has 0 aliphatic carbocycles. The lowest BCUT2D eigenvalue weighted by atomic mass is 10.2. The van der Waals surface area contributed by atoms with E-state index in [1.807, 2.05) is 0 Å². The quantitative estimate of drug-likeness (QED) is 0.860. The van der Waals surface area contributed by atoms with E-state index in [4.69, 9.17) is 4.74 Å². The number of halogens is 4. The van der Waals surface area contributed by atoms with Crippen LogP contribution in [-0.4, -0.2) is 36.0 Å². The van der Waals surface area contributed by atoms with Crippen molar-refractivity contribution in [2.24, 2.45) is 0 Å².